The van der Waals surface area contributed by atoms with E-state index in [0.29, 0.717) is 18.4 Å². The fourth-order valence-corrected chi connectivity index (χ4v) is 4.43. The molecule has 0 aromatic heterocycles. The van der Waals surface area contributed by atoms with Crippen LogP contribution in [0, 0.1) is 23.7 Å². The molecule has 4 nitrogen and oxygen atoms in total. The summed E-state index contributed by atoms with van der Waals surface area (Å²) in [6.45, 7) is 3.70. The number of fused-ring (bicyclic) bond motifs is 5. The molecule has 0 aromatic carbocycles. The van der Waals surface area contributed by atoms with Gasteiger partial charge in [-0.1, -0.05) is 12.2 Å². The molecule has 19 heavy (non-hydrogen) atoms. The maximum atomic E-state index is 12.4. The van der Waals surface area contributed by atoms with E-state index < -0.39 is 0 Å². The quantitative estimate of drug-likeness (QED) is 0.559. The van der Waals surface area contributed by atoms with Crippen LogP contribution in [0.4, 0.5) is 0 Å². The highest BCUT2D eigenvalue weighted by atomic mass is 16.2. The van der Waals surface area contributed by atoms with E-state index in [4.69, 9.17) is 0 Å². The maximum absolute atomic E-state index is 12.4. The molecule has 0 aromatic rings. The first-order valence-corrected chi connectivity index (χ1v) is 7.51. The Bertz CT molecular complexity index is 423. The van der Waals surface area contributed by atoms with Crippen molar-refractivity contribution < 1.29 is 9.59 Å². The number of imide groups is 1. The number of nitrogens with zero attached hydrogens (tertiary/aromatic N) is 2. The highest BCUT2D eigenvalue weighted by Crippen LogP contribution is 2.52. The van der Waals surface area contributed by atoms with Crippen molar-refractivity contribution in [3.05, 3.63) is 12.2 Å². The number of carbonyl (C=O) groups excluding carboxylic acids is 2. The normalized spacial score (nSPS) is 40.7. The monoisotopic (exact) mass is 260 g/mol. The third-order valence-electron chi connectivity index (χ3n) is 5.40. The zero-order valence-electron chi connectivity index (χ0n) is 11.1. The molecule has 2 aliphatic carbocycles. The Balaban J connectivity index is 1.46. The Morgan fingerprint density at radius 1 is 0.947 bits per heavy atom. The lowest BCUT2D eigenvalue weighted by Gasteiger charge is -2.21. The highest BCUT2D eigenvalue weighted by molar-refractivity contribution is 6.06. The van der Waals surface area contributed by atoms with Crippen LogP contribution in [0.3, 0.4) is 0 Å². The van der Waals surface area contributed by atoms with Gasteiger partial charge in [0.15, 0.2) is 0 Å². The molecule has 2 aliphatic heterocycles. The van der Waals surface area contributed by atoms with E-state index >= 15 is 0 Å². The summed E-state index contributed by atoms with van der Waals surface area (Å²) in [6.07, 6.45) is 7.83. The van der Waals surface area contributed by atoms with Crippen molar-refractivity contribution >= 4 is 11.8 Å². The van der Waals surface area contributed by atoms with Crippen molar-refractivity contribution in [1.82, 2.24) is 9.80 Å². The zero-order chi connectivity index (χ0) is 13.0. The Hall–Kier alpha value is -1.16. The molecule has 2 heterocycles. The molecule has 4 aliphatic rings. The Labute approximate surface area is 113 Å². The topological polar surface area (TPSA) is 40.6 Å². The average molecular weight is 260 g/mol. The Kier molecular flexibility index (Phi) is 2.56. The van der Waals surface area contributed by atoms with Crippen molar-refractivity contribution in [3.8, 4) is 0 Å². The minimum absolute atomic E-state index is 0.0268. The number of carbonyl (C=O) groups is 2. The summed E-state index contributed by atoms with van der Waals surface area (Å²) in [6, 6.07) is 0. The van der Waals surface area contributed by atoms with Gasteiger partial charge in [-0.25, -0.2) is 0 Å². The fraction of sp³-hybridized carbons (Fsp3) is 0.733. The van der Waals surface area contributed by atoms with Crippen LogP contribution in [0.15, 0.2) is 12.2 Å². The summed E-state index contributed by atoms with van der Waals surface area (Å²) in [5.74, 6) is 0.825. The largest absolute Gasteiger partial charge is 0.302 e. The molecule has 2 bridgehead atoms. The smallest absolute Gasteiger partial charge is 0.233 e. The van der Waals surface area contributed by atoms with Crippen LogP contribution in [0.2, 0.25) is 0 Å². The lowest BCUT2D eigenvalue weighted by Crippen LogP contribution is -2.39. The van der Waals surface area contributed by atoms with E-state index in [-0.39, 0.29) is 23.7 Å². The number of allylic oxidation sites excluding steroid dienone is 2. The molecular formula is C15H20N2O2. The van der Waals surface area contributed by atoms with Crippen LogP contribution in [0.25, 0.3) is 0 Å². The lowest BCUT2D eigenvalue weighted by molar-refractivity contribution is -0.140. The summed E-state index contributed by atoms with van der Waals surface area (Å²) in [5, 5.41) is 0. The minimum atomic E-state index is -0.0268. The number of likely N-dealkylation sites (tertiary alicyclic amines) is 2. The van der Waals surface area contributed by atoms with Crippen molar-refractivity contribution in [2.45, 2.75) is 19.3 Å². The van der Waals surface area contributed by atoms with Gasteiger partial charge in [0.2, 0.25) is 11.8 Å². The molecule has 0 spiro atoms. The second kappa shape index (κ2) is 4.17. The van der Waals surface area contributed by atoms with E-state index in [2.05, 4.69) is 17.1 Å². The summed E-state index contributed by atoms with van der Waals surface area (Å²) in [4.78, 5) is 28.8. The predicted molar refractivity (Wildman–Crippen MR) is 70.1 cm³/mol. The Morgan fingerprint density at radius 3 is 2.11 bits per heavy atom. The minimum Gasteiger partial charge on any atom is -0.302 e. The van der Waals surface area contributed by atoms with Crippen molar-refractivity contribution in [3.63, 3.8) is 0 Å². The van der Waals surface area contributed by atoms with Crippen molar-refractivity contribution in [1.29, 1.82) is 0 Å². The summed E-state index contributed by atoms with van der Waals surface area (Å²) >= 11 is 0. The summed E-state index contributed by atoms with van der Waals surface area (Å²) in [7, 11) is 0. The molecule has 102 valence electrons. The third kappa shape index (κ3) is 1.62. The molecule has 0 radical (unpaired) electrons. The molecule has 2 amide bonds. The number of hydrogen-bond donors (Lipinski definition) is 0. The number of amides is 2. The van der Waals surface area contributed by atoms with Gasteiger partial charge in [0, 0.05) is 13.1 Å². The van der Waals surface area contributed by atoms with Gasteiger partial charge in [-0.2, -0.15) is 0 Å². The van der Waals surface area contributed by atoms with Gasteiger partial charge in [-0.05, 0) is 44.2 Å². The van der Waals surface area contributed by atoms with Crippen molar-refractivity contribution in [2.75, 3.05) is 26.2 Å². The second-order valence-electron chi connectivity index (χ2n) is 6.38. The molecule has 3 fully saturated rings. The van der Waals surface area contributed by atoms with Crippen LogP contribution >= 0.6 is 0 Å². The molecule has 2 saturated heterocycles. The number of rotatable bonds is 3. The molecule has 1 saturated carbocycles. The molecule has 4 heteroatoms. The molecule has 0 N–H and O–H groups in total. The molecular weight excluding hydrogens is 240 g/mol. The van der Waals surface area contributed by atoms with Gasteiger partial charge >= 0.3 is 0 Å². The first kappa shape index (κ1) is 11.6. The fourth-order valence-electron chi connectivity index (χ4n) is 4.43. The first-order valence-electron chi connectivity index (χ1n) is 7.51. The summed E-state index contributed by atoms with van der Waals surface area (Å²) < 4.78 is 0. The highest BCUT2D eigenvalue weighted by Gasteiger charge is 2.58. The maximum Gasteiger partial charge on any atom is 0.233 e. The zero-order valence-corrected chi connectivity index (χ0v) is 11.1. The van der Waals surface area contributed by atoms with Crippen LogP contribution in [-0.4, -0.2) is 47.8 Å². The number of hydrogen-bond acceptors (Lipinski definition) is 3. The lowest BCUT2D eigenvalue weighted by atomic mass is 9.85. The average Bonchev–Trinajstić information content (AvgIpc) is 3.14. The van der Waals surface area contributed by atoms with Gasteiger partial charge in [-0.15, -0.1) is 0 Å². The van der Waals surface area contributed by atoms with Gasteiger partial charge in [0.1, 0.15) is 0 Å². The van der Waals surface area contributed by atoms with E-state index in [1.807, 2.05) is 0 Å². The van der Waals surface area contributed by atoms with Crippen molar-refractivity contribution in [2.24, 2.45) is 23.7 Å². The second-order valence-corrected chi connectivity index (χ2v) is 6.38. The van der Waals surface area contributed by atoms with Crippen LogP contribution in [-0.2, 0) is 9.59 Å². The standard InChI is InChI=1S/C15H20N2O2/c18-14-12-10-3-4-11(9-10)13(12)15(19)17(14)8-7-16-5-1-2-6-16/h3-4,10-13H,1-2,5-9H2/t10-,11-,12-,13-/m0/s1. The van der Waals surface area contributed by atoms with Crippen LogP contribution in [0.5, 0.6) is 0 Å². The van der Waals surface area contributed by atoms with Gasteiger partial charge in [0.25, 0.3) is 0 Å². The van der Waals surface area contributed by atoms with Gasteiger partial charge in [0.05, 0.1) is 11.8 Å². The summed E-state index contributed by atoms with van der Waals surface area (Å²) in [5.41, 5.74) is 0. The van der Waals surface area contributed by atoms with E-state index in [9.17, 15) is 9.59 Å². The van der Waals surface area contributed by atoms with Crippen LogP contribution < -0.4 is 0 Å². The Morgan fingerprint density at radius 2 is 1.53 bits per heavy atom. The van der Waals surface area contributed by atoms with E-state index in [0.717, 1.165) is 26.1 Å². The van der Waals surface area contributed by atoms with E-state index in [1.54, 1.807) is 4.90 Å². The van der Waals surface area contributed by atoms with Crippen LogP contribution in [0.1, 0.15) is 19.3 Å². The molecule has 0 unspecified atom stereocenters. The van der Waals surface area contributed by atoms with Gasteiger partial charge in [-0.3, -0.25) is 14.5 Å². The van der Waals surface area contributed by atoms with E-state index in [1.165, 1.54) is 12.8 Å². The predicted octanol–water partition coefficient (Wildman–Crippen LogP) is 0.889. The molecule has 4 atom stereocenters. The SMILES string of the molecule is O=C1[C@@H]2[C@@H](C(=O)N1CCN1CCCC1)[C@H]1C=C[C@H]2C1. The first-order chi connectivity index (χ1) is 9.25. The van der Waals surface area contributed by atoms with Gasteiger partial charge < -0.3 is 4.90 Å². The third-order valence-corrected chi connectivity index (χ3v) is 5.40. The molecule has 4 rings (SSSR count).